The second-order valence-corrected chi connectivity index (χ2v) is 3.38. The topological polar surface area (TPSA) is 55.7 Å². The Kier molecular flexibility index (Phi) is 9.23. The van der Waals surface area contributed by atoms with Crippen molar-refractivity contribution in [2.45, 2.75) is 39.5 Å². The van der Waals surface area contributed by atoms with E-state index in [1.165, 1.54) is 6.08 Å². The molecule has 0 aliphatic rings. The molecule has 0 spiro atoms. The van der Waals surface area contributed by atoms with E-state index in [2.05, 4.69) is 4.99 Å². The van der Waals surface area contributed by atoms with Gasteiger partial charge in [-0.05, 0) is 26.2 Å². The number of nitrogens with zero attached hydrogens (tertiary/aromatic N) is 1. The molecule has 0 rings (SSSR count). The minimum atomic E-state index is -0.233. The van der Waals surface area contributed by atoms with Crippen LogP contribution in [-0.4, -0.2) is 25.2 Å². The van der Waals surface area contributed by atoms with Gasteiger partial charge in [-0.15, -0.1) is 0 Å². The largest absolute Gasteiger partial charge is 0.462 e. The van der Waals surface area contributed by atoms with Gasteiger partial charge in [0.25, 0.3) is 0 Å². The lowest BCUT2D eigenvalue weighted by Crippen LogP contribution is -2.09. The first-order valence-corrected chi connectivity index (χ1v) is 5.62. The predicted molar refractivity (Wildman–Crippen MR) is 61.8 cm³/mol. The molecule has 0 aromatic heterocycles. The summed E-state index contributed by atoms with van der Waals surface area (Å²) in [6, 6.07) is 0. The van der Waals surface area contributed by atoms with Crippen molar-refractivity contribution in [1.29, 1.82) is 0 Å². The van der Waals surface area contributed by atoms with E-state index < -0.39 is 0 Å². The molecular weight excluding hydrogens is 206 g/mol. The Hall–Kier alpha value is -1.41. The molecule has 0 amide bonds. The Labute approximate surface area is 96.4 Å². The number of isocyanates is 1. The highest BCUT2D eigenvalue weighted by molar-refractivity contribution is 5.88. The first kappa shape index (κ1) is 14.6. The van der Waals surface area contributed by atoms with Gasteiger partial charge in [-0.1, -0.05) is 19.4 Å². The third-order valence-corrected chi connectivity index (χ3v) is 2.09. The second kappa shape index (κ2) is 10.1. The highest BCUT2D eigenvalue weighted by Gasteiger charge is 2.07. The van der Waals surface area contributed by atoms with E-state index in [0.717, 1.165) is 31.3 Å². The molecule has 0 aromatic carbocycles. The van der Waals surface area contributed by atoms with Crippen molar-refractivity contribution in [1.82, 2.24) is 0 Å². The number of hydrogen-bond donors (Lipinski definition) is 0. The fourth-order valence-corrected chi connectivity index (χ4v) is 1.23. The van der Waals surface area contributed by atoms with Crippen molar-refractivity contribution < 1.29 is 14.3 Å². The zero-order valence-electron chi connectivity index (χ0n) is 9.99. The normalized spacial score (nSPS) is 10.8. The van der Waals surface area contributed by atoms with E-state index in [-0.39, 0.29) is 5.97 Å². The molecule has 0 bridgehead atoms. The number of aliphatic imine (C=N–C) groups is 1. The second-order valence-electron chi connectivity index (χ2n) is 3.38. The maximum absolute atomic E-state index is 11.5. The lowest BCUT2D eigenvalue weighted by atomic mass is 10.1. The van der Waals surface area contributed by atoms with Crippen LogP contribution >= 0.6 is 0 Å². The van der Waals surface area contributed by atoms with Gasteiger partial charge in [0.2, 0.25) is 6.08 Å². The van der Waals surface area contributed by atoms with Crippen LogP contribution in [0.25, 0.3) is 0 Å². The number of rotatable bonds is 8. The summed E-state index contributed by atoms with van der Waals surface area (Å²) in [4.78, 5) is 24.6. The molecule has 0 N–H and O–H groups in total. The first-order chi connectivity index (χ1) is 7.76. The maximum atomic E-state index is 11.5. The Morgan fingerprint density at radius 1 is 1.44 bits per heavy atom. The van der Waals surface area contributed by atoms with Crippen molar-refractivity contribution in [2.75, 3.05) is 13.2 Å². The average molecular weight is 225 g/mol. The molecule has 0 atom stereocenters. The lowest BCUT2D eigenvalue weighted by Gasteiger charge is -2.06. The highest BCUT2D eigenvalue weighted by atomic mass is 16.5. The number of hydrogen-bond acceptors (Lipinski definition) is 4. The smallest absolute Gasteiger partial charge is 0.333 e. The van der Waals surface area contributed by atoms with Gasteiger partial charge in [0, 0.05) is 5.57 Å². The van der Waals surface area contributed by atoms with E-state index >= 15 is 0 Å². The Bertz CT molecular complexity index is 278. The van der Waals surface area contributed by atoms with Crippen molar-refractivity contribution in [2.24, 2.45) is 4.99 Å². The summed E-state index contributed by atoms with van der Waals surface area (Å²) in [6.07, 6.45) is 6.41. The maximum Gasteiger partial charge on any atom is 0.333 e. The summed E-state index contributed by atoms with van der Waals surface area (Å²) in [7, 11) is 0. The van der Waals surface area contributed by atoms with E-state index in [0.29, 0.717) is 13.2 Å². The van der Waals surface area contributed by atoms with Gasteiger partial charge in [0.15, 0.2) is 0 Å². The van der Waals surface area contributed by atoms with E-state index in [1.807, 2.05) is 13.8 Å². The molecule has 90 valence electrons. The number of esters is 1. The van der Waals surface area contributed by atoms with Crippen LogP contribution in [0.4, 0.5) is 0 Å². The molecule has 0 fully saturated rings. The summed E-state index contributed by atoms with van der Waals surface area (Å²) in [6.45, 7) is 4.69. The van der Waals surface area contributed by atoms with E-state index in [1.54, 1.807) is 6.08 Å². The molecule has 0 saturated heterocycles. The number of carbonyl (C=O) groups excluding carboxylic acids is 2. The monoisotopic (exact) mass is 225 g/mol. The van der Waals surface area contributed by atoms with Crippen molar-refractivity contribution >= 4 is 12.0 Å². The SMILES string of the molecule is C/C=C(\CCC)C(=O)OCCCCN=C=O. The van der Waals surface area contributed by atoms with Crippen LogP contribution in [0, 0.1) is 0 Å². The summed E-state index contributed by atoms with van der Waals surface area (Å²) in [5.74, 6) is -0.233. The molecule has 4 heteroatoms. The molecular formula is C12H19NO3. The van der Waals surface area contributed by atoms with E-state index in [9.17, 15) is 9.59 Å². The summed E-state index contributed by atoms with van der Waals surface area (Å²) in [5.41, 5.74) is 0.730. The fraction of sp³-hybridized carbons (Fsp3) is 0.667. The zero-order chi connectivity index (χ0) is 12.2. The molecule has 0 saturated carbocycles. The van der Waals surface area contributed by atoms with Gasteiger partial charge in [-0.3, -0.25) is 0 Å². The van der Waals surface area contributed by atoms with Crippen LogP contribution in [-0.2, 0) is 14.3 Å². The molecule has 0 aromatic rings. The van der Waals surface area contributed by atoms with Crippen LogP contribution in [0.5, 0.6) is 0 Å². The van der Waals surface area contributed by atoms with Gasteiger partial charge in [-0.2, -0.15) is 0 Å². The van der Waals surface area contributed by atoms with Gasteiger partial charge >= 0.3 is 5.97 Å². The van der Waals surface area contributed by atoms with Crippen LogP contribution in [0.15, 0.2) is 16.6 Å². The average Bonchev–Trinajstić information content (AvgIpc) is 2.30. The van der Waals surface area contributed by atoms with Gasteiger partial charge in [0.05, 0.1) is 13.2 Å². The number of unbranched alkanes of at least 4 members (excludes halogenated alkanes) is 1. The number of allylic oxidation sites excluding steroid dienone is 1. The summed E-state index contributed by atoms with van der Waals surface area (Å²) in [5, 5.41) is 0. The van der Waals surface area contributed by atoms with Gasteiger partial charge in [0.1, 0.15) is 0 Å². The highest BCUT2D eigenvalue weighted by Crippen LogP contribution is 2.07. The molecule has 0 radical (unpaired) electrons. The molecule has 16 heavy (non-hydrogen) atoms. The third kappa shape index (κ3) is 6.96. The Morgan fingerprint density at radius 2 is 2.19 bits per heavy atom. The van der Waals surface area contributed by atoms with Gasteiger partial charge < -0.3 is 4.74 Å². The molecule has 0 unspecified atom stereocenters. The molecule has 4 nitrogen and oxygen atoms in total. The summed E-state index contributed by atoms with van der Waals surface area (Å²) < 4.78 is 5.08. The van der Waals surface area contributed by atoms with Crippen LogP contribution in [0.2, 0.25) is 0 Å². The van der Waals surface area contributed by atoms with E-state index in [4.69, 9.17) is 4.74 Å². The third-order valence-electron chi connectivity index (χ3n) is 2.09. The standard InChI is InChI=1S/C12H19NO3/c1-3-7-11(4-2)12(15)16-9-6-5-8-13-10-14/h4H,3,5-9H2,1-2H3/b11-4+. The van der Waals surface area contributed by atoms with Crippen LogP contribution < -0.4 is 0 Å². The van der Waals surface area contributed by atoms with Crippen molar-refractivity contribution in [3.8, 4) is 0 Å². The predicted octanol–water partition coefficient (Wildman–Crippen LogP) is 2.39. The minimum Gasteiger partial charge on any atom is -0.462 e. The van der Waals surface area contributed by atoms with Gasteiger partial charge in [-0.25, -0.2) is 14.6 Å². The lowest BCUT2D eigenvalue weighted by molar-refractivity contribution is -0.139. The fourth-order valence-electron chi connectivity index (χ4n) is 1.23. The van der Waals surface area contributed by atoms with Crippen LogP contribution in [0.3, 0.4) is 0 Å². The number of carbonyl (C=O) groups is 1. The zero-order valence-corrected chi connectivity index (χ0v) is 9.99. The summed E-state index contributed by atoms with van der Waals surface area (Å²) >= 11 is 0. The minimum absolute atomic E-state index is 0.233. The van der Waals surface area contributed by atoms with Crippen molar-refractivity contribution in [3.05, 3.63) is 11.6 Å². The first-order valence-electron chi connectivity index (χ1n) is 5.62. The molecule has 0 aliphatic carbocycles. The quantitative estimate of drug-likeness (QED) is 0.209. The number of ether oxygens (including phenoxy) is 1. The molecule has 0 aliphatic heterocycles. The molecule has 0 heterocycles. The van der Waals surface area contributed by atoms with Crippen molar-refractivity contribution in [3.63, 3.8) is 0 Å². The Balaban J connectivity index is 3.67. The van der Waals surface area contributed by atoms with Crippen LogP contribution in [0.1, 0.15) is 39.5 Å². The Morgan fingerprint density at radius 3 is 2.75 bits per heavy atom.